The summed E-state index contributed by atoms with van der Waals surface area (Å²) < 4.78 is 14.1. The fraction of sp³-hybridized carbons (Fsp3) is 0.348. The lowest BCUT2D eigenvalue weighted by molar-refractivity contribution is -0.00177. The molecular formula is C23H27FN6O2. The van der Waals surface area contributed by atoms with Crippen LogP contribution in [0.5, 0.6) is 0 Å². The minimum atomic E-state index is -1.60. The molecule has 8 nitrogen and oxygen atoms in total. The summed E-state index contributed by atoms with van der Waals surface area (Å²) in [6, 6.07) is 6.04. The van der Waals surface area contributed by atoms with Crippen LogP contribution in [0.3, 0.4) is 0 Å². The highest BCUT2D eigenvalue weighted by Gasteiger charge is 2.27. The molecule has 32 heavy (non-hydrogen) atoms. The Morgan fingerprint density at radius 3 is 2.69 bits per heavy atom. The number of fused-ring (bicyclic) bond motifs is 3. The van der Waals surface area contributed by atoms with Gasteiger partial charge < -0.3 is 20.7 Å². The van der Waals surface area contributed by atoms with Crippen molar-refractivity contribution in [3.63, 3.8) is 0 Å². The van der Waals surface area contributed by atoms with Crippen molar-refractivity contribution in [1.29, 1.82) is 0 Å². The first-order valence-electron chi connectivity index (χ1n) is 10.5. The number of H-pyrrole nitrogens is 2. The number of rotatable bonds is 7. The molecule has 0 unspecified atom stereocenters. The summed E-state index contributed by atoms with van der Waals surface area (Å²) in [4.78, 5) is 20.8. The van der Waals surface area contributed by atoms with Gasteiger partial charge in [0, 0.05) is 34.9 Å². The van der Waals surface area contributed by atoms with E-state index in [-0.39, 0.29) is 12.6 Å². The number of alkyl halides is 1. The molecule has 0 aliphatic carbocycles. The number of aliphatic hydroxyl groups is 1. The number of halogens is 1. The second-order valence-corrected chi connectivity index (χ2v) is 8.77. The SMILES string of the molecule is CC(C)Nc1c(C(=O)NC[C@@H](F)C(C)(C)O)cnc2c1[nH]c1cc(-c3cn[nH]c3)ccc12. The maximum absolute atomic E-state index is 14.1. The summed E-state index contributed by atoms with van der Waals surface area (Å²) in [6.45, 7) is 6.37. The number of amides is 1. The van der Waals surface area contributed by atoms with Crippen molar-refractivity contribution in [1.82, 2.24) is 25.5 Å². The normalized spacial score (nSPS) is 13.1. The van der Waals surface area contributed by atoms with Crippen LogP contribution in [0.15, 0.2) is 36.8 Å². The van der Waals surface area contributed by atoms with Gasteiger partial charge >= 0.3 is 0 Å². The minimum Gasteiger partial charge on any atom is -0.387 e. The zero-order valence-electron chi connectivity index (χ0n) is 18.5. The molecule has 5 N–H and O–H groups in total. The van der Waals surface area contributed by atoms with E-state index in [0.29, 0.717) is 16.8 Å². The Kier molecular flexibility index (Phi) is 5.60. The number of hydrogen-bond donors (Lipinski definition) is 5. The standard InChI is InChI=1S/C23H27FN6O2/c1-12(2)29-20-16(22(31)26-11-18(24)23(3,4)32)10-25-19-15-6-5-13(14-8-27-28-9-14)7-17(15)30-21(19)20/h5-10,12,18,30,32H,11H2,1-4H3,(H,25,29)(H,26,31)(H,27,28)/t18-/m1/s1. The van der Waals surface area contributed by atoms with Crippen LogP contribution >= 0.6 is 0 Å². The summed E-state index contributed by atoms with van der Waals surface area (Å²) in [7, 11) is 0. The Morgan fingerprint density at radius 1 is 1.25 bits per heavy atom. The van der Waals surface area contributed by atoms with Crippen molar-refractivity contribution in [3.05, 3.63) is 42.4 Å². The highest BCUT2D eigenvalue weighted by molar-refractivity contribution is 6.14. The lowest BCUT2D eigenvalue weighted by Gasteiger charge is -2.23. The predicted octanol–water partition coefficient (Wildman–Crippen LogP) is 3.77. The van der Waals surface area contributed by atoms with Crippen LogP contribution in [-0.4, -0.2) is 55.5 Å². The van der Waals surface area contributed by atoms with E-state index in [9.17, 15) is 14.3 Å². The van der Waals surface area contributed by atoms with Gasteiger partial charge in [-0.1, -0.05) is 12.1 Å². The molecule has 3 heterocycles. The molecule has 0 spiro atoms. The molecule has 0 saturated heterocycles. The zero-order valence-corrected chi connectivity index (χ0v) is 18.5. The quantitative estimate of drug-likeness (QED) is 0.301. The van der Waals surface area contributed by atoms with E-state index < -0.39 is 17.7 Å². The fourth-order valence-corrected chi connectivity index (χ4v) is 3.55. The van der Waals surface area contributed by atoms with Crippen molar-refractivity contribution in [2.75, 3.05) is 11.9 Å². The number of nitrogens with zero attached hydrogens (tertiary/aromatic N) is 2. The summed E-state index contributed by atoms with van der Waals surface area (Å²) in [5.41, 5.74) is 3.63. The molecule has 4 aromatic rings. The van der Waals surface area contributed by atoms with Crippen LogP contribution in [0.4, 0.5) is 10.1 Å². The molecule has 0 bridgehead atoms. The van der Waals surface area contributed by atoms with E-state index in [1.807, 2.05) is 38.2 Å². The van der Waals surface area contributed by atoms with Crippen molar-refractivity contribution in [3.8, 4) is 11.1 Å². The second kappa shape index (κ2) is 8.23. The molecule has 3 aromatic heterocycles. The number of anilines is 1. The van der Waals surface area contributed by atoms with Crippen LogP contribution in [0, 0.1) is 0 Å². The van der Waals surface area contributed by atoms with Crippen molar-refractivity contribution in [2.45, 2.75) is 45.5 Å². The van der Waals surface area contributed by atoms with Crippen LogP contribution in [-0.2, 0) is 0 Å². The molecule has 0 saturated carbocycles. The molecule has 4 rings (SSSR count). The first-order chi connectivity index (χ1) is 15.1. The zero-order chi connectivity index (χ0) is 23.0. The van der Waals surface area contributed by atoms with Crippen LogP contribution < -0.4 is 10.6 Å². The van der Waals surface area contributed by atoms with E-state index in [2.05, 4.69) is 30.8 Å². The monoisotopic (exact) mass is 438 g/mol. The van der Waals surface area contributed by atoms with Crippen molar-refractivity contribution >= 4 is 33.5 Å². The highest BCUT2D eigenvalue weighted by atomic mass is 19.1. The number of benzene rings is 1. The van der Waals surface area contributed by atoms with Crippen LogP contribution in [0.25, 0.3) is 33.1 Å². The van der Waals surface area contributed by atoms with E-state index in [1.54, 1.807) is 6.20 Å². The van der Waals surface area contributed by atoms with Gasteiger partial charge in [0.15, 0.2) is 0 Å². The van der Waals surface area contributed by atoms with Gasteiger partial charge in [0.05, 0.1) is 40.6 Å². The molecular weight excluding hydrogens is 411 g/mol. The number of nitrogens with one attached hydrogen (secondary N) is 4. The van der Waals surface area contributed by atoms with Crippen LogP contribution in [0.2, 0.25) is 0 Å². The summed E-state index contributed by atoms with van der Waals surface area (Å²) in [5, 5.41) is 23.4. The fourth-order valence-electron chi connectivity index (χ4n) is 3.55. The number of carbonyl (C=O) groups is 1. The van der Waals surface area contributed by atoms with Gasteiger partial charge in [-0.25, -0.2) is 4.39 Å². The lowest BCUT2D eigenvalue weighted by atomic mass is 10.0. The Balaban J connectivity index is 1.76. The first-order valence-corrected chi connectivity index (χ1v) is 10.5. The van der Waals surface area contributed by atoms with Gasteiger partial charge in [-0.05, 0) is 39.3 Å². The highest BCUT2D eigenvalue weighted by Crippen LogP contribution is 2.33. The maximum atomic E-state index is 14.1. The van der Waals surface area contributed by atoms with Gasteiger partial charge in [0.25, 0.3) is 5.91 Å². The van der Waals surface area contributed by atoms with Crippen molar-refractivity contribution < 1.29 is 14.3 Å². The van der Waals surface area contributed by atoms with E-state index in [1.165, 1.54) is 20.0 Å². The molecule has 1 atom stereocenters. The molecule has 9 heteroatoms. The first kappa shape index (κ1) is 21.8. The summed E-state index contributed by atoms with van der Waals surface area (Å²) in [5.74, 6) is -0.466. The second-order valence-electron chi connectivity index (χ2n) is 8.77. The van der Waals surface area contributed by atoms with E-state index in [4.69, 9.17) is 0 Å². The van der Waals surface area contributed by atoms with E-state index in [0.717, 1.165) is 27.5 Å². The number of hydrogen-bond acceptors (Lipinski definition) is 5. The molecule has 168 valence electrons. The summed E-state index contributed by atoms with van der Waals surface area (Å²) >= 11 is 0. The Hall–Kier alpha value is -3.46. The minimum absolute atomic E-state index is 0.0466. The Bertz CT molecular complexity index is 1260. The molecule has 0 fully saturated rings. The molecule has 1 amide bonds. The largest absolute Gasteiger partial charge is 0.387 e. The summed E-state index contributed by atoms with van der Waals surface area (Å²) in [6.07, 6.45) is 3.47. The number of aromatic amines is 2. The molecule has 0 aliphatic heterocycles. The number of pyridine rings is 1. The maximum Gasteiger partial charge on any atom is 0.255 e. The van der Waals surface area contributed by atoms with Gasteiger partial charge in [-0.3, -0.25) is 14.9 Å². The van der Waals surface area contributed by atoms with Gasteiger partial charge in [-0.2, -0.15) is 5.10 Å². The van der Waals surface area contributed by atoms with E-state index >= 15 is 0 Å². The average Bonchev–Trinajstić information content (AvgIpc) is 3.38. The third-order valence-corrected chi connectivity index (χ3v) is 5.33. The van der Waals surface area contributed by atoms with Gasteiger partial charge in [0.1, 0.15) is 6.17 Å². The Morgan fingerprint density at radius 2 is 2.03 bits per heavy atom. The van der Waals surface area contributed by atoms with Gasteiger partial charge in [0.2, 0.25) is 0 Å². The van der Waals surface area contributed by atoms with Crippen LogP contribution in [0.1, 0.15) is 38.1 Å². The molecule has 0 aliphatic rings. The molecule has 1 aromatic carbocycles. The molecule has 0 radical (unpaired) electrons. The number of aromatic nitrogens is 4. The Labute approximate surface area is 184 Å². The topological polar surface area (TPSA) is 119 Å². The van der Waals surface area contributed by atoms with Gasteiger partial charge in [-0.15, -0.1) is 0 Å². The van der Waals surface area contributed by atoms with Crippen molar-refractivity contribution in [2.24, 2.45) is 0 Å². The predicted molar refractivity (Wildman–Crippen MR) is 123 cm³/mol. The number of carbonyl (C=O) groups excluding carboxylic acids is 1. The third kappa shape index (κ3) is 4.16. The average molecular weight is 439 g/mol. The lowest BCUT2D eigenvalue weighted by Crippen LogP contribution is -2.42. The smallest absolute Gasteiger partial charge is 0.255 e. The third-order valence-electron chi connectivity index (χ3n) is 5.33.